The Bertz CT molecular complexity index is 712. The van der Waals surface area contributed by atoms with Crippen LogP contribution in [0.3, 0.4) is 0 Å². The van der Waals surface area contributed by atoms with Crippen molar-refractivity contribution in [1.29, 1.82) is 0 Å². The second-order valence-electron chi connectivity index (χ2n) is 4.21. The van der Waals surface area contributed by atoms with Crippen molar-refractivity contribution in [3.8, 4) is 11.6 Å². The van der Waals surface area contributed by atoms with Crippen LogP contribution in [0.5, 0.6) is 11.6 Å². The van der Waals surface area contributed by atoms with Crippen molar-refractivity contribution in [2.45, 2.75) is 5.88 Å². The van der Waals surface area contributed by atoms with Crippen LogP contribution in [0.4, 0.5) is 0 Å². The summed E-state index contributed by atoms with van der Waals surface area (Å²) in [5.74, 6) is 1.72. The van der Waals surface area contributed by atoms with Gasteiger partial charge in [-0.3, -0.25) is 0 Å². The van der Waals surface area contributed by atoms with E-state index in [0.717, 1.165) is 16.8 Å². The Kier molecular flexibility index (Phi) is 3.34. The molecule has 0 fully saturated rings. The summed E-state index contributed by atoms with van der Waals surface area (Å²) < 4.78 is 5.76. The van der Waals surface area contributed by atoms with E-state index in [1.165, 1.54) is 5.39 Å². The van der Waals surface area contributed by atoms with Crippen LogP contribution >= 0.6 is 11.6 Å². The molecule has 0 spiro atoms. The summed E-state index contributed by atoms with van der Waals surface area (Å²) in [4.78, 5) is 4.31. The topological polar surface area (TPSA) is 22.1 Å². The quantitative estimate of drug-likeness (QED) is 0.639. The fourth-order valence-corrected chi connectivity index (χ4v) is 2.09. The molecule has 3 aromatic rings. The molecule has 0 amide bonds. The third-order valence-electron chi connectivity index (χ3n) is 2.86. The minimum absolute atomic E-state index is 0.384. The second-order valence-corrected chi connectivity index (χ2v) is 4.48. The molecule has 1 heterocycles. The van der Waals surface area contributed by atoms with Crippen molar-refractivity contribution in [3.05, 3.63) is 66.4 Å². The molecule has 19 heavy (non-hydrogen) atoms. The van der Waals surface area contributed by atoms with Gasteiger partial charge in [-0.25, -0.2) is 4.98 Å². The Labute approximate surface area is 116 Å². The molecule has 0 saturated heterocycles. The normalized spacial score (nSPS) is 10.6. The van der Waals surface area contributed by atoms with Crippen LogP contribution in [0.1, 0.15) is 5.69 Å². The third kappa shape index (κ3) is 2.69. The first-order chi connectivity index (χ1) is 9.35. The number of halogens is 1. The van der Waals surface area contributed by atoms with Gasteiger partial charge < -0.3 is 4.74 Å². The molecular formula is C16H12ClNO. The van der Waals surface area contributed by atoms with Gasteiger partial charge in [0.2, 0.25) is 5.88 Å². The molecule has 0 aliphatic heterocycles. The first kappa shape index (κ1) is 12.0. The lowest BCUT2D eigenvalue weighted by molar-refractivity contribution is 0.462. The highest BCUT2D eigenvalue weighted by Gasteiger charge is 2.01. The van der Waals surface area contributed by atoms with E-state index in [1.807, 2.05) is 48.5 Å². The smallest absolute Gasteiger partial charge is 0.219 e. The lowest BCUT2D eigenvalue weighted by Crippen LogP contribution is -1.91. The monoisotopic (exact) mass is 269 g/mol. The van der Waals surface area contributed by atoms with Crippen LogP contribution in [0.2, 0.25) is 0 Å². The van der Waals surface area contributed by atoms with Crippen LogP contribution in [0, 0.1) is 0 Å². The first-order valence-corrected chi connectivity index (χ1v) is 6.57. The average molecular weight is 270 g/mol. The van der Waals surface area contributed by atoms with Crippen LogP contribution in [-0.2, 0) is 5.88 Å². The maximum Gasteiger partial charge on any atom is 0.219 e. The predicted octanol–water partition coefficient (Wildman–Crippen LogP) is 4.77. The van der Waals surface area contributed by atoms with Crippen molar-refractivity contribution in [2.24, 2.45) is 0 Å². The van der Waals surface area contributed by atoms with E-state index >= 15 is 0 Å². The molecule has 3 heteroatoms. The molecule has 94 valence electrons. The Balaban J connectivity index is 1.92. The third-order valence-corrected chi connectivity index (χ3v) is 3.14. The molecule has 0 unspecified atom stereocenters. The van der Waals surface area contributed by atoms with Crippen LogP contribution in [-0.4, -0.2) is 4.98 Å². The highest BCUT2D eigenvalue weighted by atomic mass is 35.5. The van der Waals surface area contributed by atoms with Gasteiger partial charge in [0, 0.05) is 6.07 Å². The summed E-state index contributed by atoms with van der Waals surface area (Å²) >= 11 is 5.76. The number of fused-ring (bicyclic) bond motifs is 1. The number of ether oxygens (including phenoxy) is 1. The molecule has 1 aromatic heterocycles. The van der Waals surface area contributed by atoms with E-state index in [1.54, 1.807) is 0 Å². The van der Waals surface area contributed by atoms with E-state index < -0.39 is 0 Å². The van der Waals surface area contributed by atoms with Gasteiger partial charge in [0.25, 0.3) is 0 Å². The summed E-state index contributed by atoms with van der Waals surface area (Å²) in [6, 6.07) is 19.7. The van der Waals surface area contributed by atoms with Gasteiger partial charge in [-0.15, -0.1) is 11.6 Å². The minimum atomic E-state index is 0.384. The lowest BCUT2D eigenvalue weighted by atomic mass is 10.1. The van der Waals surface area contributed by atoms with Crippen LogP contribution in [0.25, 0.3) is 10.8 Å². The summed E-state index contributed by atoms with van der Waals surface area (Å²) in [5, 5.41) is 2.34. The fraction of sp³-hybridized carbons (Fsp3) is 0.0625. The molecule has 0 atom stereocenters. The number of pyridine rings is 1. The zero-order valence-electron chi connectivity index (χ0n) is 10.2. The molecule has 0 radical (unpaired) electrons. The summed E-state index contributed by atoms with van der Waals surface area (Å²) in [6.45, 7) is 0. The number of alkyl halides is 1. The van der Waals surface area contributed by atoms with Crippen molar-refractivity contribution >= 4 is 22.4 Å². The number of hydrogen-bond acceptors (Lipinski definition) is 2. The SMILES string of the molecule is ClCc1cccc(Oc2ccc3ccccc3c2)n1. The van der Waals surface area contributed by atoms with Gasteiger partial charge >= 0.3 is 0 Å². The lowest BCUT2D eigenvalue weighted by Gasteiger charge is -2.06. The highest BCUT2D eigenvalue weighted by Crippen LogP contribution is 2.24. The number of aromatic nitrogens is 1. The Morgan fingerprint density at radius 3 is 2.58 bits per heavy atom. The van der Waals surface area contributed by atoms with Crippen molar-refractivity contribution in [2.75, 3.05) is 0 Å². The van der Waals surface area contributed by atoms with E-state index in [2.05, 4.69) is 17.1 Å². The maximum atomic E-state index is 5.76. The number of nitrogens with zero attached hydrogens (tertiary/aromatic N) is 1. The van der Waals surface area contributed by atoms with Gasteiger partial charge in [0.1, 0.15) is 5.75 Å². The number of rotatable bonds is 3. The van der Waals surface area contributed by atoms with Gasteiger partial charge in [0.15, 0.2) is 0 Å². The molecule has 0 aliphatic carbocycles. The minimum Gasteiger partial charge on any atom is -0.439 e. The van der Waals surface area contributed by atoms with E-state index in [-0.39, 0.29) is 0 Å². The molecule has 3 rings (SSSR count). The molecule has 2 nitrogen and oxygen atoms in total. The molecule has 0 N–H and O–H groups in total. The number of benzene rings is 2. The summed E-state index contributed by atoms with van der Waals surface area (Å²) in [6.07, 6.45) is 0. The first-order valence-electron chi connectivity index (χ1n) is 6.04. The highest BCUT2D eigenvalue weighted by molar-refractivity contribution is 6.16. The number of hydrogen-bond donors (Lipinski definition) is 0. The summed E-state index contributed by atoms with van der Waals surface area (Å²) in [7, 11) is 0. The molecule has 0 bridgehead atoms. The molecular weight excluding hydrogens is 258 g/mol. The zero-order valence-corrected chi connectivity index (χ0v) is 11.0. The van der Waals surface area contributed by atoms with Crippen molar-refractivity contribution in [1.82, 2.24) is 4.98 Å². The Hall–Kier alpha value is -2.06. The van der Waals surface area contributed by atoms with Crippen LogP contribution in [0.15, 0.2) is 60.7 Å². The molecule has 0 saturated carbocycles. The van der Waals surface area contributed by atoms with Gasteiger partial charge in [-0.05, 0) is 29.0 Å². The van der Waals surface area contributed by atoms with E-state index in [0.29, 0.717) is 11.8 Å². The van der Waals surface area contributed by atoms with Gasteiger partial charge in [0.05, 0.1) is 11.6 Å². The average Bonchev–Trinajstić information content (AvgIpc) is 2.47. The van der Waals surface area contributed by atoms with E-state index in [4.69, 9.17) is 16.3 Å². The standard InChI is InChI=1S/C16H12ClNO/c17-11-14-6-3-7-16(18-14)19-15-9-8-12-4-1-2-5-13(12)10-15/h1-10H,11H2. The fourth-order valence-electron chi connectivity index (χ4n) is 1.94. The van der Waals surface area contributed by atoms with Crippen LogP contribution < -0.4 is 4.74 Å². The summed E-state index contributed by atoms with van der Waals surface area (Å²) in [5.41, 5.74) is 0.806. The zero-order chi connectivity index (χ0) is 13.1. The second kappa shape index (κ2) is 5.29. The van der Waals surface area contributed by atoms with Gasteiger partial charge in [-0.2, -0.15) is 0 Å². The largest absolute Gasteiger partial charge is 0.439 e. The maximum absolute atomic E-state index is 5.76. The molecule has 0 aliphatic rings. The van der Waals surface area contributed by atoms with Crippen molar-refractivity contribution < 1.29 is 4.74 Å². The van der Waals surface area contributed by atoms with Gasteiger partial charge in [-0.1, -0.05) is 36.4 Å². The molecule has 2 aromatic carbocycles. The predicted molar refractivity (Wildman–Crippen MR) is 77.8 cm³/mol. The van der Waals surface area contributed by atoms with Crippen molar-refractivity contribution in [3.63, 3.8) is 0 Å². The van der Waals surface area contributed by atoms with E-state index in [9.17, 15) is 0 Å². The Morgan fingerprint density at radius 1 is 0.895 bits per heavy atom. The Morgan fingerprint density at radius 2 is 1.74 bits per heavy atom.